The van der Waals surface area contributed by atoms with Gasteiger partial charge in [-0.25, -0.2) is 0 Å². The molecule has 0 aliphatic carbocycles. The highest BCUT2D eigenvalue weighted by Crippen LogP contribution is 2.28. The lowest BCUT2D eigenvalue weighted by molar-refractivity contribution is -0.124. The average Bonchev–Trinajstić information content (AvgIpc) is 3.12. The Hall–Kier alpha value is -1.05. The third kappa shape index (κ3) is 2.52. The summed E-state index contributed by atoms with van der Waals surface area (Å²) >= 11 is 1.45. The van der Waals surface area contributed by atoms with Gasteiger partial charge in [0.05, 0.1) is 6.04 Å². The zero-order chi connectivity index (χ0) is 12.4. The standard InChI is InChI=1S/C11H16N4O2S/c16-9(8-4-2-6-17-8)13-11-15-14-10(18-11)7-3-1-5-12-7/h7-8,12H,1-6H2,(H,13,15,16). The van der Waals surface area contributed by atoms with Gasteiger partial charge >= 0.3 is 0 Å². The minimum atomic E-state index is -0.318. The van der Waals surface area contributed by atoms with Crippen LogP contribution in [-0.2, 0) is 9.53 Å². The van der Waals surface area contributed by atoms with Crippen molar-refractivity contribution in [3.8, 4) is 0 Å². The van der Waals surface area contributed by atoms with Gasteiger partial charge in [0.25, 0.3) is 5.91 Å². The number of aromatic nitrogens is 2. The number of carbonyl (C=O) groups is 1. The highest BCUT2D eigenvalue weighted by Gasteiger charge is 2.25. The maximum absolute atomic E-state index is 11.8. The first kappa shape index (κ1) is 12.0. The Morgan fingerprint density at radius 2 is 2.33 bits per heavy atom. The molecule has 0 spiro atoms. The molecule has 0 saturated carbocycles. The fourth-order valence-electron chi connectivity index (χ4n) is 2.29. The zero-order valence-electron chi connectivity index (χ0n) is 10.0. The number of hydrogen-bond acceptors (Lipinski definition) is 6. The van der Waals surface area contributed by atoms with E-state index in [0.29, 0.717) is 17.8 Å². The zero-order valence-corrected chi connectivity index (χ0v) is 10.8. The van der Waals surface area contributed by atoms with Crippen LogP contribution in [0.5, 0.6) is 0 Å². The number of carbonyl (C=O) groups excluding carboxylic acids is 1. The fourth-order valence-corrected chi connectivity index (χ4v) is 3.15. The maximum Gasteiger partial charge on any atom is 0.255 e. The molecule has 6 nitrogen and oxygen atoms in total. The van der Waals surface area contributed by atoms with Gasteiger partial charge in [-0.15, -0.1) is 10.2 Å². The summed E-state index contributed by atoms with van der Waals surface area (Å²) in [7, 11) is 0. The van der Waals surface area contributed by atoms with Gasteiger partial charge in [-0.1, -0.05) is 11.3 Å². The van der Waals surface area contributed by atoms with Crippen LogP contribution in [0.4, 0.5) is 5.13 Å². The van der Waals surface area contributed by atoms with E-state index in [-0.39, 0.29) is 12.0 Å². The SMILES string of the molecule is O=C(Nc1nnc(C2CCCN2)s1)C1CCCO1. The van der Waals surface area contributed by atoms with Gasteiger partial charge < -0.3 is 10.1 Å². The van der Waals surface area contributed by atoms with E-state index in [9.17, 15) is 4.79 Å². The lowest BCUT2D eigenvalue weighted by atomic mass is 10.2. The summed E-state index contributed by atoms with van der Waals surface area (Å²) in [6.45, 7) is 1.70. The molecule has 7 heteroatoms. The van der Waals surface area contributed by atoms with Crippen LogP contribution in [-0.4, -0.2) is 35.4 Å². The molecule has 18 heavy (non-hydrogen) atoms. The van der Waals surface area contributed by atoms with Gasteiger partial charge in [0.2, 0.25) is 5.13 Å². The van der Waals surface area contributed by atoms with E-state index in [2.05, 4.69) is 20.8 Å². The van der Waals surface area contributed by atoms with Crippen LogP contribution in [0, 0.1) is 0 Å². The Labute approximate surface area is 109 Å². The van der Waals surface area contributed by atoms with Crippen LogP contribution in [0.1, 0.15) is 36.7 Å². The number of nitrogens with one attached hydrogen (secondary N) is 2. The number of ether oxygens (including phenoxy) is 1. The van der Waals surface area contributed by atoms with E-state index in [1.807, 2.05) is 0 Å². The quantitative estimate of drug-likeness (QED) is 0.858. The number of rotatable bonds is 3. The number of hydrogen-bond donors (Lipinski definition) is 2. The first-order valence-electron chi connectivity index (χ1n) is 6.32. The van der Waals surface area contributed by atoms with Crippen molar-refractivity contribution in [1.82, 2.24) is 15.5 Å². The molecule has 2 aliphatic heterocycles. The summed E-state index contributed by atoms with van der Waals surface area (Å²) < 4.78 is 5.33. The van der Waals surface area contributed by atoms with E-state index >= 15 is 0 Å². The molecule has 0 bridgehead atoms. The molecule has 3 rings (SSSR count). The monoisotopic (exact) mass is 268 g/mol. The van der Waals surface area contributed by atoms with Crippen LogP contribution >= 0.6 is 11.3 Å². The minimum Gasteiger partial charge on any atom is -0.368 e. The van der Waals surface area contributed by atoms with Gasteiger partial charge in [-0.3, -0.25) is 10.1 Å². The first-order valence-corrected chi connectivity index (χ1v) is 7.14. The second kappa shape index (κ2) is 5.29. The molecular weight excluding hydrogens is 252 g/mol. The highest BCUT2D eigenvalue weighted by atomic mass is 32.1. The third-order valence-corrected chi connectivity index (χ3v) is 4.20. The number of nitrogens with zero attached hydrogens (tertiary/aromatic N) is 2. The Kier molecular flexibility index (Phi) is 3.53. The van der Waals surface area contributed by atoms with Crippen LogP contribution in [0.3, 0.4) is 0 Å². The Morgan fingerprint density at radius 1 is 1.39 bits per heavy atom. The van der Waals surface area contributed by atoms with E-state index in [1.54, 1.807) is 0 Å². The van der Waals surface area contributed by atoms with Crippen molar-refractivity contribution in [3.63, 3.8) is 0 Å². The smallest absolute Gasteiger partial charge is 0.255 e. The second-order valence-corrected chi connectivity index (χ2v) is 5.59. The molecule has 98 valence electrons. The van der Waals surface area contributed by atoms with Crippen molar-refractivity contribution >= 4 is 22.4 Å². The molecule has 2 N–H and O–H groups in total. The Bertz CT molecular complexity index is 424. The molecule has 2 atom stereocenters. The predicted octanol–water partition coefficient (Wildman–Crippen LogP) is 1.08. The largest absolute Gasteiger partial charge is 0.368 e. The van der Waals surface area contributed by atoms with Crippen molar-refractivity contribution in [2.45, 2.75) is 37.8 Å². The summed E-state index contributed by atoms with van der Waals surface area (Å²) in [5, 5.41) is 15.8. The topological polar surface area (TPSA) is 76.1 Å². The van der Waals surface area contributed by atoms with Gasteiger partial charge in [0, 0.05) is 6.61 Å². The van der Waals surface area contributed by atoms with E-state index in [4.69, 9.17) is 4.74 Å². The molecule has 1 amide bonds. The normalized spacial score (nSPS) is 27.6. The maximum atomic E-state index is 11.8. The van der Waals surface area contributed by atoms with Crippen molar-refractivity contribution in [3.05, 3.63) is 5.01 Å². The highest BCUT2D eigenvalue weighted by molar-refractivity contribution is 7.15. The second-order valence-electron chi connectivity index (χ2n) is 4.59. The fraction of sp³-hybridized carbons (Fsp3) is 0.727. The minimum absolute atomic E-state index is 0.102. The molecule has 2 fully saturated rings. The predicted molar refractivity (Wildman–Crippen MR) is 67.5 cm³/mol. The van der Waals surface area contributed by atoms with Gasteiger partial charge in [-0.2, -0.15) is 0 Å². The number of amides is 1. The third-order valence-electron chi connectivity index (χ3n) is 3.25. The number of anilines is 1. The van der Waals surface area contributed by atoms with Crippen molar-refractivity contribution in [1.29, 1.82) is 0 Å². The molecule has 3 heterocycles. The molecule has 1 aromatic heterocycles. The summed E-state index contributed by atoms with van der Waals surface area (Å²) in [6, 6.07) is 0.302. The average molecular weight is 268 g/mol. The van der Waals surface area contributed by atoms with Gasteiger partial charge in [0.15, 0.2) is 0 Å². The van der Waals surface area contributed by atoms with Crippen molar-refractivity contribution in [2.75, 3.05) is 18.5 Å². The van der Waals surface area contributed by atoms with Gasteiger partial charge in [-0.05, 0) is 32.2 Å². The van der Waals surface area contributed by atoms with Crippen molar-refractivity contribution in [2.24, 2.45) is 0 Å². The molecular formula is C11H16N4O2S. The van der Waals surface area contributed by atoms with Gasteiger partial charge in [0.1, 0.15) is 11.1 Å². The first-order chi connectivity index (χ1) is 8.83. The summed E-state index contributed by atoms with van der Waals surface area (Å²) in [5.74, 6) is -0.102. The van der Waals surface area contributed by atoms with Crippen molar-refractivity contribution < 1.29 is 9.53 Å². The van der Waals surface area contributed by atoms with Crippen LogP contribution in [0.2, 0.25) is 0 Å². The summed E-state index contributed by atoms with van der Waals surface area (Å²) in [5.41, 5.74) is 0. The molecule has 0 radical (unpaired) electrons. The molecule has 2 saturated heterocycles. The molecule has 2 unspecified atom stereocenters. The van der Waals surface area contributed by atoms with E-state index in [1.165, 1.54) is 17.8 Å². The Balaban J connectivity index is 1.60. The molecule has 0 aromatic carbocycles. The summed E-state index contributed by atoms with van der Waals surface area (Å²) in [6.07, 6.45) is 3.69. The molecule has 2 aliphatic rings. The molecule has 1 aromatic rings. The van der Waals surface area contributed by atoms with Crippen LogP contribution in [0.15, 0.2) is 0 Å². The van der Waals surface area contributed by atoms with E-state index in [0.717, 1.165) is 30.8 Å². The summed E-state index contributed by atoms with van der Waals surface area (Å²) in [4.78, 5) is 11.8. The van der Waals surface area contributed by atoms with Crippen LogP contribution in [0.25, 0.3) is 0 Å². The Morgan fingerprint density at radius 3 is 3.06 bits per heavy atom. The van der Waals surface area contributed by atoms with Crippen LogP contribution < -0.4 is 10.6 Å². The lowest BCUT2D eigenvalue weighted by Crippen LogP contribution is -2.26. The lowest BCUT2D eigenvalue weighted by Gasteiger charge is -2.07. The van der Waals surface area contributed by atoms with E-state index < -0.39 is 0 Å².